The number of piperazine rings is 1. The molecule has 1 saturated heterocycles. The second-order valence-electron chi connectivity index (χ2n) is 5.81. The predicted octanol–water partition coefficient (Wildman–Crippen LogP) is 1.34. The molecule has 0 spiro atoms. The van der Waals surface area contributed by atoms with Gasteiger partial charge in [0.15, 0.2) is 0 Å². The van der Waals surface area contributed by atoms with E-state index >= 15 is 0 Å². The Morgan fingerprint density at radius 3 is 2.17 bits per heavy atom. The molecular weight excluding hydrogens is 228 g/mol. The number of aliphatic hydroxyl groups excluding tert-OH is 1. The Bertz CT molecular complexity index is 267. The molecule has 1 aliphatic heterocycles. The van der Waals surface area contributed by atoms with Crippen molar-refractivity contribution >= 4 is 5.91 Å². The van der Waals surface area contributed by atoms with Crippen molar-refractivity contribution in [2.75, 3.05) is 32.8 Å². The Labute approximate surface area is 111 Å². The Morgan fingerprint density at radius 1 is 1.22 bits per heavy atom. The lowest BCUT2D eigenvalue weighted by Crippen LogP contribution is -2.54. The van der Waals surface area contributed by atoms with Crippen molar-refractivity contribution in [1.82, 2.24) is 9.80 Å². The smallest absolute Gasteiger partial charge is 0.228 e. The van der Waals surface area contributed by atoms with Gasteiger partial charge in [-0.25, -0.2) is 0 Å². The number of amides is 1. The van der Waals surface area contributed by atoms with Gasteiger partial charge in [-0.2, -0.15) is 0 Å². The summed E-state index contributed by atoms with van der Waals surface area (Å²) in [6, 6.07) is 0.251. The van der Waals surface area contributed by atoms with Crippen molar-refractivity contribution in [1.29, 1.82) is 0 Å². The van der Waals surface area contributed by atoms with Gasteiger partial charge in [-0.3, -0.25) is 9.69 Å². The average Bonchev–Trinajstić information content (AvgIpc) is 2.40. The maximum Gasteiger partial charge on any atom is 0.228 e. The van der Waals surface area contributed by atoms with Crippen LogP contribution in [-0.2, 0) is 4.79 Å². The predicted molar refractivity (Wildman–Crippen MR) is 73.4 cm³/mol. The van der Waals surface area contributed by atoms with Crippen LogP contribution in [-0.4, -0.2) is 59.6 Å². The minimum atomic E-state index is -0.247. The highest BCUT2D eigenvalue weighted by molar-refractivity contribution is 5.82. The third-order valence-electron chi connectivity index (χ3n) is 4.26. The van der Waals surface area contributed by atoms with Gasteiger partial charge in [0.1, 0.15) is 0 Å². The van der Waals surface area contributed by atoms with Crippen LogP contribution in [0.25, 0.3) is 0 Å². The van der Waals surface area contributed by atoms with Gasteiger partial charge in [-0.1, -0.05) is 27.7 Å². The molecule has 0 aromatic carbocycles. The molecule has 4 heteroatoms. The maximum atomic E-state index is 12.3. The first-order valence-corrected chi connectivity index (χ1v) is 7.10. The summed E-state index contributed by atoms with van der Waals surface area (Å²) in [5, 5.41) is 9.30. The van der Waals surface area contributed by atoms with Crippen LogP contribution in [0.1, 0.15) is 40.5 Å². The number of aliphatic hydroxyl groups is 1. The first kappa shape index (κ1) is 15.4. The highest BCUT2D eigenvalue weighted by Gasteiger charge is 2.32. The molecule has 0 bridgehead atoms. The van der Waals surface area contributed by atoms with Crippen LogP contribution in [0.4, 0.5) is 0 Å². The van der Waals surface area contributed by atoms with Gasteiger partial charge in [0.25, 0.3) is 0 Å². The lowest BCUT2D eigenvalue weighted by atomic mass is 9.88. The van der Waals surface area contributed by atoms with E-state index in [1.54, 1.807) is 0 Å². The zero-order chi connectivity index (χ0) is 13.8. The van der Waals surface area contributed by atoms with Gasteiger partial charge < -0.3 is 10.0 Å². The van der Waals surface area contributed by atoms with Gasteiger partial charge >= 0.3 is 0 Å². The van der Waals surface area contributed by atoms with E-state index in [1.807, 2.05) is 18.7 Å². The lowest BCUT2D eigenvalue weighted by molar-refractivity contribution is -0.142. The molecule has 0 aliphatic carbocycles. The Kier molecular flexibility index (Phi) is 5.60. The third kappa shape index (κ3) is 3.45. The van der Waals surface area contributed by atoms with Crippen molar-refractivity contribution in [3.8, 4) is 0 Å². The summed E-state index contributed by atoms with van der Waals surface area (Å²) in [4.78, 5) is 16.6. The van der Waals surface area contributed by atoms with E-state index < -0.39 is 0 Å². The molecule has 0 aromatic rings. The van der Waals surface area contributed by atoms with Crippen molar-refractivity contribution in [3.63, 3.8) is 0 Å². The van der Waals surface area contributed by atoms with Crippen LogP contribution in [0.2, 0.25) is 0 Å². The van der Waals surface area contributed by atoms with Crippen molar-refractivity contribution < 1.29 is 9.90 Å². The van der Waals surface area contributed by atoms with Crippen LogP contribution in [0, 0.1) is 5.41 Å². The van der Waals surface area contributed by atoms with Crippen LogP contribution < -0.4 is 0 Å². The number of rotatable bonds is 5. The molecule has 1 N–H and O–H groups in total. The molecule has 1 rings (SSSR count). The van der Waals surface area contributed by atoms with Crippen LogP contribution in [0.5, 0.6) is 0 Å². The number of nitrogens with zero attached hydrogens (tertiary/aromatic N) is 2. The quantitative estimate of drug-likeness (QED) is 0.807. The summed E-state index contributed by atoms with van der Waals surface area (Å²) in [5.41, 5.74) is -0.247. The topological polar surface area (TPSA) is 43.8 Å². The molecule has 1 amide bonds. The Hall–Kier alpha value is -0.610. The van der Waals surface area contributed by atoms with Crippen LogP contribution in [0.3, 0.4) is 0 Å². The molecule has 0 saturated carbocycles. The molecule has 18 heavy (non-hydrogen) atoms. The molecule has 1 fully saturated rings. The Balaban J connectivity index is 2.51. The first-order valence-electron chi connectivity index (χ1n) is 7.10. The summed E-state index contributed by atoms with van der Waals surface area (Å²) in [7, 11) is 0. The normalized spacial score (nSPS) is 19.9. The SMILES string of the molecule is CCC(CO)N1CCN(C(=O)C(C)(C)CC)CC1. The van der Waals surface area contributed by atoms with Gasteiger partial charge in [0, 0.05) is 37.6 Å². The number of carbonyl (C=O) groups excluding carboxylic acids is 1. The summed E-state index contributed by atoms with van der Waals surface area (Å²) in [6.07, 6.45) is 1.84. The first-order chi connectivity index (χ1) is 8.46. The highest BCUT2D eigenvalue weighted by Crippen LogP contribution is 2.24. The molecule has 0 aromatic heterocycles. The largest absolute Gasteiger partial charge is 0.395 e. The third-order valence-corrected chi connectivity index (χ3v) is 4.26. The van der Waals surface area contributed by atoms with E-state index in [0.29, 0.717) is 0 Å². The van der Waals surface area contributed by atoms with Crippen molar-refractivity contribution in [2.45, 2.75) is 46.6 Å². The van der Waals surface area contributed by atoms with E-state index in [-0.39, 0.29) is 24.0 Å². The van der Waals surface area contributed by atoms with Gasteiger partial charge in [0.2, 0.25) is 5.91 Å². The van der Waals surface area contributed by atoms with E-state index in [9.17, 15) is 9.90 Å². The zero-order valence-corrected chi connectivity index (χ0v) is 12.3. The van der Waals surface area contributed by atoms with Crippen LogP contribution >= 0.6 is 0 Å². The zero-order valence-electron chi connectivity index (χ0n) is 12.3. The number of hydrogen-bond donors (Lipinski definition) is 1. The standard InChI is InChI=1S/C14H28N2O2/c1-5-12(11-17)15-7-9-16(10-8-15)13(18)14(3,4)6-2/h12,17H,5-11H2,1-4H3. The summed E-state index contributed by atoms with van der Waals surface area (Å²) >= 11 is 0. The molecule has 1 heterocycles. The molecule has 1 unspecified atom stereocenters. The molecule has 0 radical (unpaired) electrons. The minimum Gasteiger partial charge on any atom is -0.395 e. The number of hydrogen-bond acceptors (Lipinski definition) is 3. The van der Waals surface area contributed by atoms with E-state index in [0.717, 1.165) is 39.0 Å². The minimum absolute atomic E-state index is 0.213. The molecule has 1 atom stereocenters. The highest BCUT2D eigenvalue weighted by atomic mass is 16.3. The van der Waals surface area contributed by atoms with Crippen LogP contribution in [0.15, 0.2) is 0 Å². The molecule has 1 aliphatic rings. The van der Waals surface area contributed by atoms with Gasteiger partial charge in [0.05, 0.1) is 6.61 Å². The van der Waals surface area contributed by atoms with E-state index in [2.05, 4.69) is 18.7 Å². The molecule has 106 valence electrons. The van der Waals surface area contributed by atoms with Crippen molar-refractivity contribution in [2.24, 2.45) is 5.41 Å². The summed E-state index contributed by atoms with van der Waals surface area (Å²) in [5.74, 6) is 0.265. The monoisotopic (exact) mass is 256 g/mol. The van der Waals surface area contributed by atoms with Gasteiger partial charge in [-0.05, 0) is 12.8 Å². The second-order valence-corrected chi connectivity index (χ2v) is 5.81. The summed E-state index contributed by atoms with van der Waals surface area (Å²) in [6.45, 7) is 11.7. The Morgan fingerprint density at radius 2 is 1.78 bits per heavy atom. The molecule has 4 nitrogen and oxygen atoms in total. The fourth-order valence-electron chi connectivity index (χ4n) is 2.37. The maximum absolute atomic E-state index is 12.3. The fraction of sp³-hybridized carbons (Fsp3) is 0.929. The number of carbonyl (C=O) groups is 1. The van der Waals surface area contributed by atoms with Crippen molar-refractivity contribution in [3.05, 3.63) is 0 Å². The second kappa shape index (κ2) is 6.53. The molecular formula is C14H28N2O2. The van der Waals surface area contributed by atoms with E-state index in [4.69, 9.17) is 0 Å². The lowest BCUT2D eigenvalue weighted by Gasteiger charge is -2.40. The van der Waals surface area contributed by atoms with E-state index in [1.165, 1.54) is 0 Å². The summed E-state index contributed by atoms with van der Waals surface area (Å²) < 4.78 is 0. The van der Waals surface area contributed by atoms with Gasteiger partial charge in [-0.15, -0.1) is 0 Å². The average molecular weight is 256 g/mol. The fourth-order valence-corrected chi connectivity index (χ4v) is 2.37.